The zero-order chi connectivity index (χ0) is 15.9. The topological polar surface area (TPSA) is 81.5 Å². The summed E-state index contributed by atoms with van der Waals surface area (Å²) in [5, 5.41) is 4.46. The van der Waals surface area contributed by atoms with Crippen LogP contribution >= 0.6 is 0 Å². The quantitative estimate of drug-likeness (QED) is 0.796. The van der Waals surface area contributed by atoms with Crippen LogP contribution in [0.3, 0.4) is 0 Å². The first-order valence-corrected chi connectivity index (χ1v) is 6.73. The van der Waals surface area contributed by atoms with Crippen LogP contribution in [0.15, 0.2) is 23.0 Å². The smallest absolute Gasteiger partial charge is 0.277 e. The van der Waals surface area contributed by atoms with Gasteiger partial charge in [0.15, 0.2) is 11.3 Å². The Morgan fingerprint density at radius 3 is 2.32 bits per heavy atom. The maximum Gasteiger partial charge on any atom is 0.277 e. The van der Waals surface area contributed by atoms with E-state index >= 15 is 0 Å². The number of nitrogens with one attached hydrogen (secondary N) is 1. The zero-order valence-electron chi connectivity index (χ0n) is 12.8. The van der Waals surface area contributed by atoms with Gasteiger partial charge in [-0.3, -0.25) is 4.79 Å². The number of fused-ring (bicyclic) bond motifs is 1. The number of aryl methyl sites for hydroxylation is 2. The van der Waals surface area contributed by atoms with Crippen LogP contribution in [0.1, 0.15) is 11.5 Å². The summed E-state index contributed by atoms with van der Waals surface area (Å²) in [6, 6.07) is 5.32. The van der Waals surface area contributed by atoms with Crippen LogP contribution in [0.5, 0.6) is 11.5 Å². The van der Waals surface area contributed by atoms with E-state index in [-0.39, 0.29) is 5.56 Å². The highest BCUT2D eigenvalue weighted by molar-refractivity contribution is 5.62. The minimum Gasteiger partial charge on any atom is -0.497 e. The van der Waals surface area contributed by atoms with Gasteiger partial charge < -0.3 is 14.5 Å². The molecule has 7 nitrogen and oxygen atoms in total. The number of imidazole rings is 1. The lowest BCUT2D eigenvalue weighted by Crippen LogP contribution is -2.15. The summed E-state index contributed by atoms with van der Waals surface area (Å²) in [4.78, 5) is 19.4. The molecule has 2 aromatic heterocycles. The van der Waals surface area contributed by atoms with Crippen molar-refractivity contribution in [3.63, 3.8) is 0 Å². The molecule has 7 heteroatoms. The van der Waals surface area contributed by atoms with Gasteiger partial charge in [-0.25, -0.2) is 9.50 Å². The fourth-order valence-corrected chi connectivity index (χ4v) is 2.41. The molecular weight excluding hydrogens is 284 g/mol. The number of aromatic nitrogens is 4. The SMILES string of the molecule is COc1cc(OC)cc(-c2nn3c(C)nc(C)c3c(=O)[nH]2)c1. The Hall–Kier alpha value is -2.83. The lowest BCUT2D eigenvalue weighted by molar-refractivity contribution is 0.394. The summed E-state index contributed by atoms with van der Waals surface area (Å²) >= 11 is 0. The highest BCUT2D eigenvalue weighted by Gasteiger charge is 2.13. The van der Waals surface area contributed by atoms with Gasteiger partial charge in [0, 0.05) is 11.6 Å². The van der Waals surface area contributed by atoms with E-state index in [9.17, 15) is 4.79 Å². The van der Waals surface area contributed by atoms with Crippen LogP contribution in [-0.2, 0) is 0 Å². The lowest BCUT2D eigenvalue weighted by Gasteiger charge is -2.08. The maximum absolute atomic E-state index is 12.3. The van der Waals surface area contributed by atoms with Gasteiger partial charge in [0.05, 0.1) is 19.9 Å². The van der Waals surface area contributed by atoms with Crippen molar-refractivity contribution in [3.05, 3.63) is 40.1 Å². The van der Waals surface area contributed by atoms with Gasteiger partial charge in [0.1, 0.15) is 17.3 Å². The summed E-state index contributed by atoms with van der Waals surface area (Å²) in [5.41, 5.74) is 1.57. The summed E-state index contributed by atoms with van der Waals surface area (Å²) in [5.74, 6) is 2.33. The molecule has 0 aliphatic heterocycles. The number of hydrogen-bond donors (Lipinski definition) is 1. The average Bonchev–Trinajstić information content (AvgIpc) is 2.81. The molecule has 1 aromatic carbocycles. The van der Waals surface area contributed by atoms with Crippen molar-refractivity contribution in [3.8, 4) is 22.9 Å². The van der Waals surface area contributed by atoms with Crippen molar-refractivity contribution in [2.24, 2.45) is 0 Å². The highest BCUT2D eigenvalue weighted by Crippen LogP contribution is 2.27. The second-order valence-electron chi connectivity index (χ2n) is 4.91. The van der Waals surface area contributed by atoms with Gasteiger partial charge in [-0.1, -0.05) is 0 Å². The molecule has 22 heavy (non-hydrogen) atoms. The van der Waals surface area contributed by atoms with Crippen molar-refractivity contribution in [2.45, 2.75) is 13.8 Å². The Kier molecular flexibility index (Phi) is 3.32. The largest absolute Gasteiger partial charge is 0.497 e. The number of benzene rings is 1. The molecule has 3 rings (SSSR count). The third kappa shape index (κ3) is 2.20. The molecule has 3 aromatic rings. The van der Waals surface area contributed by atoms with Crippen molar-refractivity contribution < 1.29 is 9.47 Å². The van der Waals surface area contributed by atoms with Gasteiger partial charge in [0.25, 0.3) is 5.56 Å². The number of ether oxygens (including phenoxy) is 2. The van der Waals surface area contributed by atoms with Crippen LogP contribution < -0.4 is 15.0 Å². The van der Waals surface area contributed by atoms with Crippen molar-refractivity contribution in [2.75, 3.05) is 14.2 Å². The fourth-order valence-electron chi connectivity index (χ4n) is 2.41. The average molecular weight is 300 g/mol. The summed E-state index contributed by atoms with van der Waals surface area (Å²) in [6.45, 7) is 3.59. The van der Waals surface area contributed by atoms with Crippen LogP contribution in [-0.4, -0.2) is 33.8 Å². The fraction of sp³-hybridized carbons (Fsp3) is 0.267. The van der Waals surface area contributed by atoms with Crippen LogP contribution in [0.2, 0.25) is 0 Å². The van der Waals surface area contributed by atoms with Crippen LogP contribution in [0.4, 0.5) is 0 Å². The Morgan fingerprint density at radius 1 is 1.09 bits per heavy atom. The molecule has 0 aliphatic rings. The normalized spacial score (nSPS) is 10.9. The van der Waals surface area contributed by atoms with Gasteiger partial charge in [-0.2, -0.15) is 0 Å². The third-order valence-electron chi connectivity index (χ3n) is 3.46. The van der Waals surface area contributed by atoms with Gasteiger partial charge >= 0.3 is 0 Å². The highest BCUT2D eigenvalue weighted by atomic mass is 16.5. The molecule has 1 N–H and O–H groups in total. The molecule has 114 valence electrons. The van der Waals surface area contributed by atoms with Gasteiger partial charge in [-0.05, 0) is 26.0 Å². The summed E-state index contributed by atoms with van der Waals surface area (Å²) in [7, 11) is 3.14. The maximum atomic E-state index is 12.3. The van der Waals surface area contributed by atoms with Gasteiger partial charge in [0.2, 0.25) is 0 Å². The predicted octanol–water partition coefficient (Wildman–Crippen LogP) is 1.72. The standard InChI is InChI=1S/C15H16N4O3/c1-8-13-15(20)17-14(18-19(13)9(2)16-8)10-5-11(21-3)7-12(6-10)22-4/h5-7H,1-4H3,(H,17,18,20). The number of nitrogens with zero attached hydrogens (tertiary/aromatic N) is 3. The summed E-state index contributed by atoms with van der Waals surface area (Å²) in [6.07, 6.45) is 0. The first kappa shape index (κ1) is 14.1. The number of H-pyrrole nitrogens is 1. The number of hydrogen-bond acceptors (Lipinski definition) is 5. The third-order valence-corrected chi connectivity index (χ3v) is 3.46. The Labute approximate surface area is 126 Å². The van der Waals surface area contributed by atoms with E-state index in [1.165, 1.54) is 0 Å². The van der Waals surface area contributed by atoms with Crippen LogP contribution in [0.25, 0.3) is 16.9 Å². The lowest BCUT2D eigenvalue weighted by atomic mass is 10.2. The minimum atomic E-state index is -0.232. The second kappa shape index (κ2) is 5.18. The molecule has 0 saturated heterocycles. The van der Waals surface area contributed by atoms with E-state index < -0.39 is 0 Å². The molecule has 2 heterocycles. The van der Waals surface area contributed by atoms with E-state index in [4.69, 9.17) is 9.47 Å². The molecule has 0 saturated carbocycles. The van der Waals surface area contributed by atoms with E-state index in [1.807, 2.05) is 6.92 Å². The molecule has 0 amide bonds. The molecule has 0 aliphatic carbocycles. The molecule has 0 bridgehead atoms. The predicted molar refractivity (Wildman–Crippen MR) is 81.6 cm³/mol. The van der Waals surface area contributed by atoms with Crippen LogP contribution in [0, 0.1) is 13.8 Å². The minimum absolute atomic E-state index is 0.232. The van der Waals surface area contributed by atoms with E-state index in [0.29, 0.717) is 39.9 Å². The van der Waals surface area contributed by atoms with Crippen molar-refractivity contribution in [1.82, 2.24) is 19.6 Å². The molecule has 0 radical (unpaired) electrons. The number of aromatic amines is 1. The zero-order valence-corrected chi connectivity index (χ0v) is 12.8. The van der Waals surface area contributed by atoms with Crippen molar-refractivity contribution >= 4 is 5.52 Å². The molecule has 0 unspecified atom stereocenters. The molecular formula is C15H16N4O3. The molecule has 0 fully saturated rings. The number of rotatable bonds is 3. The van der Waals surface area contributed by atoms with Gasteiger partial charge in [-0.15, -0.1) is 5.10 Å². The Morgan fingerprint density at radius 2 is 1.73 bits per heavy atom. The Bertz CT molecular complexity index is 889. The first-order valence-electron chi connectivity index (χ1n) is 6.73. The molecule has 0 spiro atoms. The Balaban J connectivity index is 2.26. The monoisotopic (exact) mass is 300 g/mol. The molecule has 0 atom stereocenters. The van der Waals surface area contributed by atoms with E-state index in [2.05, 4.69) is 15.1 Å². The second-order valence-corrected chi connectivity index (χ2v) is 4.91. The number of methoxy groups -OCH3 is 2. The van der Waals surface area contributed by atoms with E-state index in [0.717, 1.165) is 0 Å². The van der Waals surface area contributed by atoms with Crippen molar-refractivity contribution in [1.29, 1.82) is 0 Å². The first-order chi connectivity index (χ1) is 10.5. The summed E-state index contributed by atoms with van der Waals surface area (Å²) < 4.78 is 12.0. The van der Waals surface area contributed by atoms with E-state index in [1.54, 1.807) is 43.9 Å².